The quantitative estimate of drug-likeness (QED) is 0.250. The van der Waals surface area contributed by atoms with E-state index in [1.54, 1.807) is 6.07 Å². The van der Waals surface area contributed by atoms with E-state index in [2.05, 4.69) is 55.9 Å². The lowest BCUT2D eigenvalue weighted by Crippen LogP contribution is -2.36. The van der Waals surface area contributed by atoms with E-state index in [4.69, 9.17) is 4.99 Å². The van der Waals surface area contributed by atoms with Crippen molar-refractivity contribution in [2.45, 2.75) is 32.0 Å². The summed E-state index contributed by atoms with van der Waals surface area (Å²) >= 11 is 0. The number of imidazole rings is 1. The van der Waals surface area contributed by atoms with Crippen LogP contribution in [-0.4, -0.2) is 48.0 Å². The molecule has 2 N–H and O–H groups in total. The summed E-state index contributed by atoms with van der Waals surface area (Å²) in [5.41, 5.74) is 7.41. The Balaban J connectivity index is 1.08. The minimum atomic E-state index is -3.38. The van der Waals surface area contributed by atoms with Gasteiger partial charge in [0.25, 0.3) is 0 Å². The topological polar surface area (TPSA) is 103 Å². The van der Waals surface area contributed by atoms with Gasteiger partial charge in [0.15, 0.2) is 0 Å². The molecule has 2 aliphatic heterocycles. The van der Waals surface area contributed by atoms with Crippen molar-refractivity contribution < 1.29 is 8.42 Å². The number of aromatic amines is 1. The summed E-state index contributed by atoms with van der Waals surface area (Å²) in [6.45, 7) is 3.27. The van der Waals surface area contributed by atoms with E-state index in [0.29, 0.717) is 12.2 Å². The zero-order valence-corrected chi connectivity index (χ0v) is 25.3. The van der Waals surface area contributed by atoms with E-state index < -0.39 is 10.0 Å². The molecule has 4 aromatic carbocycles. The molecule has 9 nitrogen and oxygen atoms in total. The van der Waals surface area contributed by atoms with Gasteiger partial charge in [-0.15, -0.1) is 0 Å². The largest absolute Gasteiger partial charge is 0.326 e. The van der Waals surface area contributed by atoms with Gasteiger partial charge in [-0.25, -0.2) is 18.2 Å². The van der Waals surface area contributed by atoms with Crippen molar-refractivity contribution in [3.8, 4) is 0 Å². The number of rotatable bonds is 7. The summed E-state index contributed by atoms with van der Waals surface area (Å²) in [5, 5.41) is 0. The smallest absolute Gasteiger partial charge is 0.321 e. The lowest BCUT2D eigenvalue weighted by molar-refractivity contribution is 0.180. The third-order valence-corrected chi connectivity index (χ3v) is 9.03. The number of fused-ring (bicyclic) bond motifs is 2. The molecular formula is C34H34N6O3S. The van der Waals surface area contributed by atoms with Crippen LogP contribution in [0.25, 0.3) is 11.0 Å². The van der Waals surface area contributed by atoms with Gasteiger partial charge in [0, 0.05) is 42.6 Å². The number of para-hydroxylation sites is 3. The molecule has 0 aliphatic carbocycles. The van der Waals surface area contributed by atoms with Crippen molar-refractivity contribution in [3.05, 3.63) is 124 Å². The van der Waals surface area contributed by atoms with Crippen molar-refractivity contribution in [1.29, 1.82) is 0 Å². The van der Waals surface area contributed by atoms with Gasteiger partial charge in [0.1, 0.15) is 5.84 Å². The van der Waals surface area contributed by atoms with E-state index in [9.17, 15) is 13.2 Å². The predicted octanol–water partition coefficient (Wildman–Crippen LogP) is 5.64. The Morgan fingerprint density at radius 1 is 0.909 bits per heavy atom. The molecule has 0 atom stereocenters. The molecular weight excluding hydrogens is 572 g/mol. The van der Waals surface area contributed by atoms with E-state index in [1.807, 2.05) is 59.2 Å². The highest BCUT2D eigenvalue weighted by atomic mass is 32.2. The molecule has 2 aliphatic rings. The van der Waals surface area contributed by atoms with Gasteiger partial charge in [-0.1, -0.05) is 54.6 Å². The standard InChI is InChI=1S/C34H34N6O3S/c1-44(42,43)37-27-15-16-30-26(21-27)23-39(28-7-3-2-4-8-28)33(35-30)25-13-11-24(12-14-25)22-38-19-17-29(18-20-38)40-32-10-6-5-9-31(32)36-34(40)41/h2-16,21,29,37H,17-20,22-23H2,1H3,(H,36,41). The molecule has 3 heterocycles. The Morgan fingerprint density at radius 2 is 1.64 bits per heavy atom. The number of hydrogen-bond acceptors (Lipinski definition) is 6. The first kappa shape index (κ1) is 28.1. The molecule has 0 spiro atoms. The maximum Gasteiger partial charge on any atom is 0.326 e. The molecule has 0 amide bonds. The van der Waals surface area contributed by atoms with Crippen molar-refractivity contribution in [1.82, 2.24) is 14.5 Å². The van der Waals surface area contributed by atoms with Crippen LogP contribution in [0.4, 0.5) is 17.1 Å². The van der Waals surface area contributed by atoms with Gasteiger partial charge in [-0.05, 0) is 66.4 Å². The van der Waals surface area contributed by atoms with E-state index in [-0.39, 0.29) is 11.7 Å². The third kappa shape index (κ3) is 5.78. The minimum Gasteiger partial charge on any atom is -0.321 e. The Bertz CT molecular complexity index is 2010. The Labute approximate surface area is 256 Å². The highest BCUT2D eigenvalue weighted by Crippen LogP contribution is 2.34. The molecule has 0 bridgehead atoms. The van der Waals surface area contributed by atoms with Crippen LogP contribution in [0.15, 0.2) is 107 Å². The fourth-order valence-corrected chi connectivity index (χ4v) is 6.91. The number of nitrogens with one attached hydrogen (secondary N) is 2. The normalized spacial score (nSPS) is 16.1. The third-order valence-electron chi connectivity index (χ3n) is 8.43. The number of likely N-dealkylation sites (tertiary alicyclic amines) is 1. The number of H-pyrrole nitrogens is 1. The number of benzene rings is 4. The average Bonchev–Trinajstić information content (AvgIpc) is 3.36. The first-order valence-electron chi connectivity index (χ1n) is 14.8. The molecule has 10 heteroatoms. The minimum absolute atomic E-state index is 0.0240. The molecule has 0 radical (unpaired) electrons. The second-order valence-corrected chi connectivity index (χ2v) is 13.3. The Hall–Kier alpha value is -4.67. The second-order valence-electron chi connectivity index (χ2n) is 11.6. The van der Waals surface area contributed by atoms with Crippen molar-refractivity contribution >= 4 is 44.0 Å². The fraction of sp³-hybridized carbons (Fsp3) is 0.235. The zero-order chi connectivity index (χ0) is 30.3. The number of amidine groups is 1. The van der Waals surface area contributed by atoms with Crippen molar-refractivity contribution in [2.75, 3.05) is 29.0 Å². The molecule has 44 heavy (non-hydrogen) atoms. The number of nitrogens with zero attached hydrogens (tertiary/aromatic N) is 4. The molecule has 5 aromatic rings. The van der Waals surface area contributed by atoms with Gasteiger partial charge in [-0.3, -0.25) is 14.2 Å². The maximum atomic E-state index is 12.7. The van der Waals surface area contributed by atoms with Crippen molar-refractivity contribution in [3.63, 3.8) is 0 Å². The van der Waals surface area contributed by atoms with Gasteiger partial charge < -0.3 is 9.88 Å². The van der Waals surface area contributed by atoms with Gasteiger partial charge in [0.2, 0.25) is 10.0 Å². The number of hydrogen-bond donors (Lipinski definition) is 2. The number of sulfonamides is 1. The molecule has 1 aromatic heterocycles. The zero-order valence-electron chi connectivity index (χ0n) is 24.5. The van der Waals surface area contributed by atoms with Crippen LogP contribution in [0.1, 0.15) is 35.6 Å². The van der Waals surface area contributed by atoms with Crippen LogP contribution < -0.4 is 15.3 Å². The maximum absolute atomic E-state index is 12.7. The summed E-state index contributed by atoms with van der Waals surface area (Å²) in [4.78, 5) is 25.3. The molecule has 0 unspecified atom stereocenters. The fourth-order valence-electron chi connectivity index (χ4n) is 6.35. The first-order chi connectivity index (χ1) is 21.3. The van der Waals surface area contributed by atoms with Crippen LogP contribution in [0.3, 0.4) is 0 Å². The van der Waals surface area contributed by atoms with Gasteiger partial charge >= 0.3 is 5.69 Å². The lowest BCUT2D eigenvalue weighted by Gasteiger charge is -2.33. The van der Waals surface area contributed by atoms with Crippen LogP contribution in [0.2, 0.25) is 0 Å². The van der Waals surface area contributed by atoms with E-state index in [0.717, 1.165) is 78.1 Å². The molecule has 0 saturated carbocycles. The summed E-state index contributed by atoms with van der Waals surface area (Å²) in [6.07, 6.45) is 3.02. The van der Waals surface area contributed by atoms with Crippen LogP contribution in [0.5, 0.6) is 0 Å². The SMILES string of the molecule is CS(=O)(=O)Nc1ccc2c(c1)CN(c1ccccc1)C(c1ccc(CN3CCC(n4c(=O)[nH]c5ccccc54)CC3)cc1)=N2. The molecule has 1 fully saturated rings. The summed E-state index contributed by atoms with van der Waals surface area (Å²) < 4.78 is 28.1. The molecule has 1 saturated heterocycles. The van der Waals surface area contributed by atoms with E-state index in [1.165, 1.54) is 5.56 Å². The highest BCUT2D eigenvalue weighted by Gasteiger charge is 2.25. The number of piperidine rings is 1. The summed E-state index contributed by atoms with van der Waals surface area (Å²) in [7, 11) is -3.38. The molecule has 224 valence electrons. The first-order valence-corrected chi connectivity index (χ1v) is 16.7. The Morgan fingerprint density at radius 3 is 2.39 bits per heavy atom. The highest BCUT2D eigenvalue weighted by molar-refractivity contribution is 7.92. The Kier molecular flexibility index (Phi) is 7.31. The van der Waals surface area contributed by atoms with Crippen molar-refractivity contribution in [2.24, 2.45) is 4.99 Å². The van der Waals surface area contributed by atoms with Crippen LogP contribution in [0, 0.1) is 0 Å². The van der Waals surface area contributed by atoms with E-state index >= 15 is 0 Å². The second kappa shape index (κ2) is 11.4. The monoisotopic (exact) mass is 606 g/mol. The molecule has 7 rings (SSSR count). The van der Waals surface area contributed by atoms with Gasteiger partial charge in [0.05, 0.1) is 29.5 Å². The number of aromatic nitrogens is 2. The van der Waals surface area contributed by atoms with Crippen LogP contribution in [-0.2, 0) is 23.1 Å². The average molecular weight is 607 g/mol. The number of anilines is 2. The lowest BCUT2D eigenvalue weighted by atomic mass is 10.0. The van der Waals surface area contributed by atoms with Gasteiger partial charge in [-0.2, -0.15) is 0 Å². The predicted molar refractivity (Wildman–Crippen MR) is 176 cm³/mol. The number of aliphatic imine (C=N–C) groups is 1. The van der Waals surface area contributed by atoms with Crippen LogP contribution >= 0.6 is 0 Å². The summed E-state index contributed by atoms with van der Waals surface area (Å²) in [6, 6.07) is 32.3. The summed E-state index contributed by atoms with van der Waals surface area (Å²) in [5.74, 6) is 0.851.